The van der Waals surface area contributed by atoms with Crippen LogP contribution in [0, 0.1) is 0 Å². The van der Waals surface area contributed by atoms with Gasteiger partial charge in [-0.1, -0.05) is 127 Å². The fourth-order valence-electron chi connectivity index (χ4n) is 8.44. The molecule has 3 aromatic heterocycles. The summed E-state index contributed by atoms with van der Waals surface area (Å²) in [6.07, 6.45) is 1.87. The second-order valence-corrected chi connectivity index (χ2v) is 18.0. The Hall–Kier alpha value is -7.31. The van der Waals surface area contributed by atoms with Crippen molar-refractivity contribution in [2.24, 2.45) is 0 Å². The molecular formula is C55H48N6. The molecule has 61 heavy (non-hydrogen) atoms. The van der Waals surface area contributed by atoms with Gasteiger partial charge in [0.1, 0.15) is 17.5 Å². The normalized spacial score (nSPS) is 12.2. The van der Waals surface area contributed by atoms with Crippen molar-refractivity contribution in [1.29, 1.82) is 0 Å². The van der Waals surface area contributed by atoms with E-state index in [0.29, 0.717) is 0 Å². The quantitative estimate of drug-likeness (QED) is 0.161. The Balaban J connectivity index is 1.27. The molecule has 10 aromatic rings. The fraction of sp³-hybridized carbons (Fsp3) is 0.145. The first-order chi connectivity index (χ1) is 29.4. The van der Waals surface area contributed by atoms with E-state index in [0.717, 1.165) is 89.9 Å². The summed E-state index contributed by atoms with van der Waals surface area (Å²) < 4.78 is 6.83. The molecule has 0 aliphatic rings. The molecule has 6 heteroatoms. The molecule has 0 N–H and O–H groups in total. The van der Waals surface area contributed by atoms with Gasteiger partial charge in [0.15, 0.2) is 0 Å². The van der Waals surface area contributed by atoms with Crippen LogP contribution in [-0.2, 0) is 10.8 Å². The summed E-state index contributed by atoms with van der Waals surface area (Å²) in [5.74, 6) is 2.50. The van der Waals surface area contributed by atoms with Gasteiger partial charge < -0.3 is 0 Å². The highest BCUT2D eigenvalue weighted by Crippen LogP contribution is 2.39. The highest BCUT2D eigenvalue weighted by molar-refractivity contribution is 5.90. The summed E-state index contributed by atoms with van der Waals surface area (Å²) in [4.78, 5) is 16.2. The van der Waals surface area contributed by atoms with Crippen molar-refractivity contribution < 1.29 is 0 Å². The average Bonchev–Trinajstić information content (AvgIpc) is 3.98. The molecule has 0 aliphatic carbocycles. The zero-order chi connectivity index (χ0) is 42.0. The number of aromatic nitrogens is 6. The van der Waals surface area contributed by atoms with Gasteiger partial charge in [0.25, 0.3) is 0 Å². The Morgan fingerprint density at radius 3 is 0.984 bits per heavy atom. The van der Waals surface area contributed by atoms with Crippen LogP contribution in [0.1, 0.15) is 58.2 Å². The number of hydrogen-bond donors (Lipinski definition) is 0. The van der Waals surface area contributed by atoms with E-state index in [4.69, 9.17) is 15.0 Å². The molecular weight excluding hydrogens is 745 g/mol. The Morgan fingerprint density at radius 1 is 0.393 bits per heavy atom. The predicted octanol–water partition coefficient (Wildman–Crippen LogP) is 13.9. The molecule has 0 unspecified atom stereocenters. The van der Waals surface area contributed by atoms with Crippen LogP contribution in [0.3, 0.4) is 0 Å². The second-order valence-electron chi connectivity index (χ2n) is 18.0. The van der Waals surface area contributed by atoms with Crippen LogP contribution < -0.4 is 0 Å². The number of imidazole rings is 3. The van der Waals surface area contributed by atoms with Crippen molar-refractivity contribution in [3.8, 4) is 51.2 Å². The van der Waals surface area contributed by atoms with Crippen molar-refractivity contribution in [2.75, 3.05) is 0 Å². The molecule has 298 valence electrons. The van der Waals surface area contributed by atoms with Gasteiger partial charge in [0.05, 0.1) is 33.1 Å². The van der Waals surface area contributed by atoms with Gasteiger partial charge in [-0.3, -0.25) is 13.7 Å². The van der Waals surface area contributed by atoms with E-state index in [9.17, 15) is 0 Å². The molecule has 0 saturated heterocycles. The molecule has 3 heterocycles. The van der Waals surface area contributed by atoms with E-state index >= 15 is 0 Å². The Labute approximate surface area is 357 Å². The van der Waals surface area contributed by atoms with Crippen LogP contribution in [0.15, 0.2) is 170 Å². The van der Waals surface area contributed by atoms with Gasteiger partial charge >= 0.3 is 0 Å². The fourth-order valence-corrected chi connectivity index (χ4v) is 8.44. The van der Waals surface area contributed by atoms with Crippen LogP contribution in [0.5, 0.6) is 0 Å². The maximum absolute atomic E-state index is 5.40. The van der Waals surface area contributed by atoms with Crippen molar-refractivity contribution >= 4 is 39.2 Å². The number of fused-ring (bicyclic) bond motifs is 3. The third-order valence-corrected chi connectivity index (χ3v) is 11.8. The maximum atomic E-state index is 5.40. The van der Waals surface area contributed by atoms with Crippen LogP contribution in [0.25, 0.3) is 90.4 Å². The number of para-hydroxylation sites is 6. The van der Waals surface area contributed by atoms with Crippen LogP contribution in [-0.4, -0.2) is 28.7 Å². The lowest BCUT2D eigenvalue weighted by atomic mass is 9.87. The molecule has 10 rings (SSSR count). The van der Waals surface area contributed by atoms with Crippen LogP contribution >= 0.6 is 0 Å². The summed E-state index contributed by atoms with van der Waals surface area (Å²) in [5, 5.41) is 0. The van der Waals surface area contributed by atoms with Crippen molar-refractivity contribution in [3.05, 3.63) is 187 Å². The van der Waals surface area contributed by atoms with E-state index in [1.54, 1.807) is 0 Å². The van der Waals surface area contributed by atoms with Gasteiger partial charge in [0.2, 0.25) is 0 Å². The third kappa shape index (κ3) is 6.74. The van der Waals surface area contributed by atoms with Gasteiger partial charge in [0, 0.05) is 33.8 Å². The molecule has 0 aliphatic heterocycles. The standard InChI is InChI=1S/C55H48N6/c1-8-36-21-27-42(28-22-36)59-48-18-12-9-15-45(48)56-51(59)37-33-38(52-57-46-16-10-13-19-49(46)60(52)43-29-23-40(24-30-43)54(2,3)4)35-39(34-37)53-58-47-17-11-14-20-50(47)61(53)44-31-25-41(26-32-44)55(5,6)7/h8-35H,1H2,2-7H3. The van der Waals surface area contributed by atoms with Gasteiger partial charge in [-0.2, -0.15) is 0 Å². The molecule has 0 fully saturated rings. The van der Waals surface area contributed by atoms with E-state index in [1.807, 2.05) is 12.1 Å². The summed E-state index contributed by atoms with van der Waals surface area (Å²) in [6.45, 7) is 17.5. The molecule has 0 bridgehead atoms. The lowest BCUT2D eigenvalue weighted by Crippen LogP contribution is -2.11. The molecule has 6 nitrogen and oxygen atoms in total. The van der Waals surface area contributed by atoms with Crippen molar-refractivity contribution in [3.63, 3.8) is 0 Å². The minimum atomic E-state index is 0.0254. The smallest absolute Gasteiger partial charge is 0.145 e. The number of rotatable bonds is 7. The highest BCUT2D eigenvalue weighted by atomic mass is 15.1. The van der Waals surface area contributed by atoms with Crippen LogP contribution in [0.2, 0.25) is 0 Å². The first kappa shape index (κ1) is 37.9. The molecule has 7 aromatic carbocycles. The molecule has 0 saturated carbocycles. The molecule has 0 atom stereocenters. The average molecular weight is 793 g/mol. The number of nitrogens with zero attached hydrogens (tertiary/aromatic N) is 6. The third-order valence-electron chi connectivity index (χ3n) is 11.8. The van der Waals surface area contributed by atoms with E-state index in [2.05, 4.69) is 220 Å². The van der Waals surface area contributed by atoms with Gasteiger partial charge in [-0.05, 0) is 119 Å². The largest absolute Gasteiger partial charge is 0.292 e. The highest BCUT2D eigenvalue weighted by Gasteiger charge is 2.24. The Kier molecular flexibility index (Phi) is 8.99. The lowest BCUT2D eigenvalue weighted by Gasteiger charge is -2.20. The summed E-state index contributed by atoms with van der Waals surface area (Å²) in [5.41, 5.74) is 15.5. The van der Waals surface area contributed by atoms with Gasteiger partial charge in [-0.15, -0.1) is 0 Å². The first-order valence-electron chi connectivity index (χ1n) is 21.0. The van der Waals surface area contributed by atoms with Crippen LogP contribution in [0.4, 0.5) is 0 Å². The monoisotopic (exact) mass is 792 g/mol. The predicted molar refractivity (Wildman–Crippen MR) is 254 cm³/mol. The molecule has 0 amide bonds. The SMILES string of the molecule is C=Cc1ccc(-n2c(-c3cc(-c4nc5ccccc5n4-c4ccc(C(C)(C)C)cc4)cc(-c4nc5ccccc5n4-c4ccc(C(C)(C)C)cc4)c3)nc3ccccc32)cc1. The minimum absolute atomic E-state index is 0.0254. The topological polar surface area (TPSA) is 53.5 Å². The van der Waals surface area contributed by atoms with Gasteiger partial charge in [-0.25, -0.2) is 15.0 Å². The number of benzene rings is 7. The van der Waals surface area contributed by atoms with E-state index in [1.165, 1.54) is 11.1 Å². The lowest BCUT2D eigenvalue weighted by molar-refractivity contribution is 0.590. The van der Waals surface area contributed by atoms with Crippen molar-refractivity contribution in [2.45, 2.75) is 52.4 Å². The zero-order valence-electron chi connectivity index (χ0n) is 35.6. The molecule has 0 radical (unpaired) electrons. The summed E-state index contributed by atoms with van der Waals surface area (Å²) in [7, 11) is 0. The minimum Gasteiger partial charge on any atom is -0.292 e. The number of hydrogen-bond acceptors (Lipinski definition) is 3. The zero-order valence-corrected chi connectivity index (χ0v) is 35.6. The Morgan fingerprint density at radius 2 is 0.689 bits per heavy atom. The van der Waals surface area contributed by atoms with Crippen molar-refractivity contribution in [1.82, 2.24) is 28.7 Å². The maximum Gasteiger partial charge on any atom is 0.145 e. The molecule has 0 spiro atoms. The first-order valence-corrected chi connectivity index (χ1v) is 21.0. The summed E-state index contributed by atoms with van der Waals surface area (Å²) >= 11 is 0. The second kappa shape index (κ2) is 14.5. The summed E-state index contributed by atoms with van der Waals surface area (Å²) in [6, 6.07) is 58.2. The van der Waals surface area contributed by atoms with E-state index < -0.39 is 0 Å². The van der Waals surface area contributed by atoms with E-state index in [-0.39, 0.29) is 10.8 Å². The Bertz CT molecular complexity index is 3100.